The van der Waals surface area contributed by atoms with Crippen LogP contribution in [0.1, 0.15) is 63.1 Å². The molecule has 0 saturated carbocycles. The van der Waals surface area contributed by atoms with Gasteiger partial charge in [0.25, 0.3) is 5.91 Å². The fraction of sp³-hybridized carbons (Fsp3) is 0.375. The Bertz CT molecular complexity index is 1520. The van der Waals surface area contributed by atoms with Gasteiger partial charge >= 0.3 is 6.09 Å². The monoisotopic (exact) mass is 612 g/mol. The smallest absolute Gasteiger partial charge is 0.404 e. The van der Waals surface area contributed by atoms with Gasteiger partial charge in [-0.2, -0.15) is 0 Å². The lowest BCUT2D eigenvalue weighted by atomic mass is 9.72. The van der Waals surface area contributed by atoms with Crippen LogP contribution in [0, 0.1) is 5.41 Å². The fourth-order valence-electron chi connectivity index (χ4n) is 4.50. The number of nitrogens with two attached hydrogens (primary N) is 1. The Kier molecular flexibility index (Phi) is 10.5. The van der Waals surface area contributed by atoms with Crippen molar-refractivity contribution in [3.63, 3.8) is 0 Å². The summed E-state index contributed by atoms with van der Waals surface area (Å²) in [6.07, 6.45) is -1.11. The van der Waals surface area contributed by atoms with Crippen LogP contribution in [0.4, 0.5) is 4.79 Å². The number of nitrogens with one attached hydrogen (secondary N) is 1. The zero-order chi connectivity index (χ0) is 32.0. The van der Waals surface area contributed by atoms with Gasteiger partial charge in [-0.25, -0.2) is 17.9 Å². The van der Waals surface area contributed by atoms with Crippen molar-refractivity contribution in [2.24, 2.45) is 11.1 Å². The van der Waals surface area contributed by atoms with Gasteiger partial charge < -0.3 is 25.1 Å². The maximum absolute atomic E-state index is 12.6. The molecule has 0 aliphatic heterocycles. The molecule has 0 fully saturated rings. The van der Waals surface area contributed by atoms with Crippen molar-refractivity contribution in [2.75, 3.05) is 12.9 Å². The number of benzene rings is 3. The zero-order valence-electron chi connectivity index (χ0n) is 25.3. The van der Waals surface area contributed by atoms with Crippen molar-refractivity contribution in [1.82, 2.24) is 4.72 Å². The number of amides is 2. The number of carbonyl (C=O) groups is 2. The predicted octanol–water partition coefficient (Wildman–Crippen LogP) is 5.21. The molecule has 0 aliphatic rings. The molecule has 10 nitrogen and oxygen atoms in total. The van der Waals surface area contributed by atoms with E-state index < -0.39 is 39.1 Å². The average Bonchev–Trinajstić information content (AvgIpc) is 2.90. The average molecular weight is 613 g/mol. The molecule has 0 saturated heterocycles. The second-order valence-corrected chi connectivity index (χ2v) is 13.4. The van der Waals surface area contributed by atoms with E-state index in [-0.39, 0.29) is 30.4 Å². The van der Waals surface area contributed by atoms with Gasteiger partial charge in [-0.3, -0.25) is 4.79 Å². The molecule has 2 atom stereocenters. The number of hydrogen-bond acceptors (Lipinski definition) is 8. The zero-order valence-corrected chi connectivity index (χ0v) is 26.1. The van der Waals surface area contributed by atoms with E-state index in [9.17, 15) is 23.1 Å². The van der Waals surface area contributed by atoms with Crippen LogP contribution in [-0.4, -0.2) is 50.1 Å². The Morgan fingerprint density at radius 1 is 0.953 bits per heavy atom. The van der Waals surface area contributed by atoms with Crippen molar-refractivity contribution in [2.45, 2.75) is 58.8 Å². The fourth-order valence-corrected chi connectivity index (χ4v) is 4.95. The molecule has 0 aromatic heterocycles. The van der Waals surface area contributed by atoms with E-state index in [0.717, 1.165) is 17.4 Å². The topological polar surface area (TPSA) is 154 Å². The van der Waals surface area contributed by atoms with Crippen LogP contribution >= 0.6 is 0 Å². The van der Waals surface area contributed by atoms with E-state index in [1.54, 1.807) is 38.1 Å². The first-order valence-electron chi connectivity index (χ1n) is 13.8. The van der Waals surface area contributed by atoms with E-state index in [4.69, 9.17) is 19.9 Å². The van der Waals surface area contributed by atoms with Crippen LogP contribution in [0.3, 0.4) is 0 Å². The van der Waals surface area contributed by atoms with Gasteiger partial charge in [0.1, 0.15) is 18.1 Å². The summed E-state index contributed by atoms with van der Waals surface area (Å²) in [5.74, 6) is -0.0862. The Morgan fingerprint density at radius 3 is 2.09 bits per heavy atom. The summed E-state index contributed by atoms with van der Waals surface area (Å²) in [4.78, 5) is 24.2. The molecule has 3 rings (SSSR count). The van der Waals surface area contributed by atoms with Crippen molar-refractivity contribution in [3.8, 4) is 22.6 Å². The second kappa shape index (κ2) is 13.5. The number of hydrogen-bond donors (Lipinski definition) is 3. The quantitative estimate of drug-likeness (QED) is 0.252. The lowest BCUT2D eigenvalue weighted by Gasteiger charge is -2.45. The molecule has 11 heteroatoms. The largest absolute Gasteiger partial charge is 0.490 e. The molecular formula is C32H40N2O8S. The highest BCUT2D eigenvalue weighted by atomic mass is 32.2. The summed E-state index contributed by atoms with van der Waals surface area (Å²) >= 11 is 0. The molecular weight excluding hydrogens is 572 g/mol. The van der Waals surface area contributed by atoms with E-state index in [2.05, 4.69) is 0 Å². The van der Waals surface area contributed by atoms with Crippen LogP contribution in [0.25, 0.3) is 11.1 Å². The number of ether oxygens (including phenoxy) is 3. The minimum absolute atomic E-state index is 0.0872. The highest BCUT2D eigenvalue weighted by molar-refractivity contribution is 7.89. The molecule has 1 unspecified atom stereocenters. The third-order valence-corrected chi connectivity index (χ3v) is 7.45. The Morgan fingerprint density at radius 2 is 1.56 bits per heavy atom. The van der Waals surface area contributed by atoms with Crippen LogP contribution in [0.15, 0.2) is 72.8 Å². The molecule has 0 spiro atoms. The van der Waals surface area contributed by atoms with Crippen molar-refractivity contribution in [1.29, 1.82) is 0 Å². The number of aliphatic hydroxyl groups is 1. The minimum Gasteiger partial charge on any atom is -0.490 e. The summed E-state index contributed by atoms with van der Waals surface area (Å²) in [5.41, 5.74) is 5.83. The first-order valence-corrected chi connectivity index (χ1v) is 15.7. The van der Waals surface area contributed by atoms with Gasteiger partial charge in [-0.05, 0) is 54.8 Å². The lowest BCUT2D eigenvalue weighted by Crippen LogP contribution is -2.53. The van der Waals surface area contributed by atoms with Crippen LogP contribution in [0.2, 0.25) is 0 Å². The number of aliphatic hydroxyl groups excluding tert-OH is 1. The molecule has 4 N–H and O–H groups in total. The highest BCUT2D eigenvalue weighted by Crippen LogP contribution is 2.42. The third kappa shape index (κ3) is 9.20. The Labute approximate surface area is 253 Å². The van der Waals surface area contributed by atoms with Crippen LogP contribution < -0.4 is 19.9 Å². The van der Waals surface area contributed by atoms with Crippen molar-refractivity contribution < 1.29 is 37.3 Å². The standard InChI is InChI=1S/C32H40N2O8S/c1-21(2)41-28-18-24(14-17-26(28)29(36)34-43(6,38)39)22-12-15-25(16-13-22)42-32(31(3,4)5,20-40-30(33)37)19-27(35)23-10-8-7-9-11-23/h7-18,21,27,35H,19-20H2,1-6H3,(H2,33,37)(H,34,36)/t27-,32?/m1/s1. The van der Waals surface area contributed by atoms with Gasteiger partial charge in [0.2, 0.25) is 10.0 Å². The van der Waals surface area contributed by atoms with Gasteiger partial charge in [0.15, 0.2) is 5.60 Å². The van der Waals surface area contributed by atoms with Crippen molar-refractivity contribution >= 4 is 22.0 Å². The third-order valence-electron chi connectivity index (χ3n) is 6.89. The van der Waals surface area contributed by atoms with E-state index in [0.29, 0.717) is 11.3 Å². The molecule has 0 bridgehead atoms. The predicted molar refractivity (Wildman–Crippen MR) is 164 cm³/mol. The number of rotatable bonds is 12. The SMILES string of the molecule is CC(C)Oc1cc(-c2ccc(OC(COC(N)=O)(C[C@@H](O)c3ccccc3)C(C)(C)C)cc2)ccc1C(=O)NS(C)(=O)=O. The highest BCUT2D eigenvalue weighted by Gasteiger charge is 2.47. The first-order chi connectivity index (χ1) is 20.0. The first kappa shape index (κ1) is 33.4. The molecule has 0 heterocycles. The Hall–Kier alpha value is -4.09. The summed E-state index contributed by atoms with van der Waals surface area (Å²) in [6, 6.07) is 21.2. The van der Waals surface area contributed by atoms with E-state index in [1.807, 2.05) is 68.0 Å². The van der Waals surface area contributed by atoms with Gasteiger partial charge in [0, 0.05) is 11.8 Å². The Balaban J connectivity index is 1.96. The normalized spacial score (nSPS) is 14.0. The summed E-state index contributed by atoms with van der Waals surface area (Å²) in [6.45, 7) is 9.21. The maximum Gasteiger partial charge on any atom is 0.404 e. The molecule has 3 aromatic rings. The maximum atomic E-state index is 12.6. The molecule has 0 radical (unpaired) electrons. The summed E-state index contributed by atoms with van der Waals surface area (Å²) in [7, 11) is -3.76. The molecule has 0 aliphatic carbocycles. The van der Waals surface area contributed by atoms with Gasteiger partial charge in [-0.15, -0.1) is 0 Å². The molecule has 3 aromatic carbocycles. The lowest BCUT2D eigenvalue weighted by molar-refractivity contribution is -0.101. The molecule has 43 heavy (non-hydrogen) atoms. The van der Waals surface area contributed by atoms with Crippen LogP contribution in [0.5, 0.6) is 11.5 Å². The number of primary amides is 1. The molecule has 232 valence electrons. The molecule has 2 amide bonds. The number of sulfonamides is 1. The summed E-state index contributed by atoms with van der Waals surface area (Å²) < 4.78 is 42.8. The van der Waals surface area contributed by atoms with E-state index in [1.165, 1.54) is 6.07 Å². The van der Waals surface area contributed by atoms with Gasteiger partial charge in [0.05, 0.1) is 24.0 Å². The van der Waals surface area contributed by atoms with Gasteiger partial charge in [-0.1, -0.05) is 69.3 Å². The number of carbonyl (C=O) groups excluding carboxylic acids is 2. The second-order valence-electron chi connectivity index (χ2n) is 11.7. The summed E-state index contributed by atoms with van der Waals surface area (Å²) in [5, 5.41) is 11.1. The minimum atomic E-state index is -3.76. The van der Waals surface area contributed by atoms with Crippen LogP contribution in [-0.2, 0) is 14.8 Å². The van der Waals surface area contributed by atoms with Crippen molar-refractivity contribution in [3.05, 3.63) is 83.9 Å². The van der Waals surface area contributed by atoms with E-state index >= 15 is 0 Å².